The second kappa shape index (κ2) is 9.58. The Labute approximate surface area is 179 Å². The molecule has 154 valence electrons. The van der Waals surface area contributed by atoms with E-state index in [9.17, 15) is 14.4 Å². The Kier molecular flexibility index (Phi) is 7.68. The first-order chi connectivity index (χ1) is 13.1. The highest BCUT2D eigenvalue weighted by molar-refractivity contribution is 14.1. The summed E-state index contributed by atoms with van der Waals surface area (Å²) in [5.41, 5.74) is 1.47. The minimum atomic E-state index is -0.644. The lowest BCUT2D eigenvalue weighted by Gasteiger charge is -2.37. The van der Waals surface area contributed by atoms with Crippen molar-refractivity contribution in [2.45, 2.75) is 52.2 Å². The molecule has 0 aliphatic carbocycles. The molecule has 1 heterocycles. The minimum absolute atomic E-state index is 0.0825. The van der Waals surface area contributed by atoms with Crippen LogP contribution in [0.2, 0.25) is 0 Å². The van der Waals surface area contributed by atoms with E-state index in [2.05, 4.69) is 27.9 Å². The monoisotopic (exact) mass is 502 g/mol. The molecule has 1 aliphatic heterocycles. The number of nitrogens with zero attached hydrogens (tertiary/aromatic N) is 1. The van der Waals surface area contributed by atoms with Gasteiger partial charge in [-0.1, -0.05) is 12.1 Å². The molecule has 2 rings (SSSR count). The average molecular weight is 502 g/mol. The number of alkyl carbamates (subject to hydrolysis) is 1. The van der Waals surface area contributed by atoms with Crippen LogP contribution in [0.15, 0.2) is 18.2 Å². The van der Waals surface area contributed by atoms with Gasteiger partial charge in [0.1, 0.15) is 12.1 Å². The van der Waals surface area contributed by atoms with Crippen LogP contribution < -0.4 is 5.32 Å². The predicted octanol–water partition coefficient (Wildman–Crippen LogP) is 3.19. The van der Waals surface area contributed by atoms with Gasteiger partial charge in [0.2, 0.25) is 5.91 Å². The number of halogens is 1. The second-order valence-corrected chi connectivity index (χ2v) is 8.69. The Balaban J connectivity index is 2.15. The van der Waals surface area contributed by atoms with Crippen LogP contribution in [0.4, 0.5) is 4.79 Å². The lowest BCUT2D eigenvalue weighted by atomic mass is 9.90. The predicted molar refractivity (Wildman–Crippen MR) is 113 cm³/mol. The summed E-state index contributed by atoms with van der Waals surface area (Å²) in [6.45, 7) is 7.61. The van der Waals surface area contributed by atoms with E-state index in [-0.39, 0.29) is 24.8 Å². The van der Waals surface area contributed by atoms with Gasteiger partial charge in [0, 0.05) is 10.1 Å². The number of rotatable bonds is 5. The van der Waals surface area contributed by atoms with Crippen molar-refractivity contribution in [3.05, 3.63) is 32.9 Å². The number of carbonyl (C=O) groups excluding carboxylic acids is 3. The first-order valence-corrected chi connectivity index (χ1v) is 10.4. The number of hydrogen-bond acceptors (Lipinski definition) is 5. The number of amides is 2. The van der Waals surface area contributed by atoms with E-state index in [0.29, 0.717) is 19.6 Å². The van der Waals surface area contributed by atoms with E-state index in [1.807, 2.05) is 18.2 Å². The van der Waals surface area contributed by atoms with Crippen LogP contribution >= 0.6 is 22.6 Å². The summed E-state index contributed by atoms with van der Waals surface area (Å²) in [4.78, 5) is 38.5. The van der Waals surface area contributed by atoms with Crippen LogP contribution in [0.1, 0.15) is 51.3 Å². The molecule has 1 unspecified atom stereocenters. The maximum absolute atomic E-state index is 12.8. The number of carbonyl (C=O) groups is 3. The fourth-order valence-electron chi connectivity index (χ4n) is 3.17. The summed E-state index contributed by atoms with van der Waals surface area (Å²) < 4.78 is 11.4. The summed E-state index contributed by atoms with van der Waals surface area (Å²) in [6.07, 6.45) is 0.139. The highest BCUT2D eigenvalue weighted by atomic mass is 127. The minimum Gasteiger partial charge on any atom is -0.466 e. The third kappa shape index (κ3) is 6.08. The third-order valence-electron chi connectivity index (χ3n) is 4.26. The first-order valence-electron chi connectivity index (χ1n) is 9.31. The molecule has 1 aliphatic rings. The van der Waals surface area contributed by atoms with Crippen LogP contribution in [-0.4, -0.2) is 48.2 Å². The number of ether oxygens (including phenoxy) is 2. The average Bonchev–Trinajstić information content (AvgIpc) is 2.59. The zero-order valence-electron chi connectivity index (χ0n) is 16.7. The van der Waals surface area contributed by atoms with Crippen molar-refractivity contribution >= 4 is 40.6 Å². The maximum atomic E-state index is 12.8. The normalized spacial score (nSPS) is 16.2. The molecule has 0 aromatic heterocycles. The van der Waals surface area contributed by atoms with E-state index >= 15 is 0 Å². The third-order valence-corrected chi connectivity index (χ3v) is 5.27. The summed E-state index contributed by atoms with van der Waals surface area (Å²) in [5.74, 6) is -0.609. The Morgan fingerprint density at radius 1 is 1.29 bits per heavy atom. The van der Waals surface area contributed by atoms with Gasteiger partial charge in [0.25, 0.3) is 0 Å². The summed E-state index contributed by atoms with van der Waals surface area (Å²) >= 11 is 2.27. The molecule has 0 spiro atoms. The number of esters is 1. The molecule has 0 fully saturated rings. The number of benzene rings is 1. The van der Waals surface area contributed by atoms with E-state index in [1.165, 1.54) is 0 Å². The molecule has 1 atom stereocenters. The van der Waals surface area contributed by atoms with Gasteiger partial charge in [0.15, 0.2) is 0 Å². The van der Waals surface area contributed by atoms with Crippen molar-refractivity contribution in [3.63, 3.8) is 0 Å². The summed E-state index contributed by atoms with van der Waals surface area (Å²) in [6, 6.07) is 5.47. The second-order valence-electron chi connectivity index (χ2n) is 7.53. The Hall–Kier alpha value is -1.84. The zero-order chi connectivity index (χ0) is 20.9. The standard InChI is InChI=1S/C20H27IN2O5/c1-5-27-18(25)11-16-14-7-6-8-15(21)13(14)9-10-23(16)17(24)12-22-19(26)28-20(2,3)4/h6-8,16H,5,9-12H2,1-4H3,(H,22,26). The molecule has 2 amide bonds. The van der Waals surface area contributed by atoms with E-state index < -0.39 is 17.7 Å². The first kappa shape index (κ1) is 22.4. The largest absolute Gasteiger partial charge is 0.466 e. The van der Waals surface area contributed by atoms with Crippen molar-refractivity contribution in [1.82, 2.24) is 10.2 Å². The van der Waals surface area contributed by atoms with Gasteiger partial charge in [-0.2, -0.15) is 0 Å². The van der Waals surface area contributed by atoms with Crippen molar-refractivity contribution in [1.29, 1.82) is 0 Å². The van der Waals surface area contributed by atoms with Crippen LogP contribution in [0.25, 0.3) is 0 Å². The van der Waals surface area contributed by atoms with Crippen LogP contribution in [0, 0.1) is 3.57 Å². The Morgan fingerprint density at radius 3 is 2.64 bits per heavy atom. The molecule has 1 aromatic rings. The van der Waals surface area contributed by atoms with Gasteiger partial charge in [0.05, 0.1) is 19.1 Å². The summed E-state index contributed by atoms with van der Waals surface area (Å²) in [7, 11) is 0. The van der Waals surface area contributed by atoms with Crippen molar-refractivity contribution < 1.29 is 23.9 Å². The lowest BCUT2D eigenvalue weighted by molar-refractivity contribution is -0.146. The smallest absolute Gasteiger partial charge is 0.408 e. The quantitative estimate of drug-likeness (QED) is 0.494. The van der Waals surface area contributed by atoms with Gasteiger partial charge < -0.3 is 19.7 Å². The van der Waals surface area contributed by atoms with Gasteiger partial charge in [-0.05, 0) is 73.9 Å². The highest BCUT2D eigenvalue weighted by Crippen LogP contribution is 2.34. The molecule has 1 N–H and O–H groups in total. The highest BCUT2D eigenvalue weighted by Gasteiger charge is 2.33. The molecule has 8 heteroatoms. The molecule has 7 nitrogen and oxygen atoms in total. The lowest BCUT2D eigenvalue weighted by Crippen LogP contribution is -2.46. The topological polar surface area (TPSA) is 84.9 Å². The molecule has 0 saturated heterocycles. The number of hydrogen-bond donors (Lipinski definition) is 1. The maximum Gasteiger partial charge on any atom is 0.408 e. The molecule has 0 bridgehead atoms. The van der Waals surface area contributed by atoms with E-state index in [0.717, 1.165) is 14.7 Å². The Bertz CT molecular complexity index is 745. The summed E-state index contributed by atoms with van der Waals surface area (Å²) in [5, 5.41) is 2.50. The fourth-order valence-corrected chi connectivity index (χ4v) is 3.96. The van der Waals surface area contributed by atoms with Crippen LogP contribution in [0.5, 0.6) is 0 Å². The number of nitrogens with one attached hydrogen (secondary N) is 1. The fraction of sp³-hybridized carbons (Fsp3) is 0.550. The molecule has 28 heavy (non-hydrogen) atoms. The van der Waals surface area contributed by atoms with E-state index in [4.69, 9.17) is 9.47 Å². The van der Waals surface area contributed by atoms with Gasteiger partial charge in [-0.15, -0.1) is 0 Å². The number of fused-ring (bicyclic) bond motifs is 1. The van der Waals surface area contributed by atoms with Crippen molar-refractivity contribution in [2.24, 2.45) is 0 Å². The van der Waals surface area contributed by atoms with Crippen molar-refractivity contribution in [3.8, 4) is 0 Å². The molecule has 1 aromatic carbocycles. The van der Waals surface area contributed by atoms with Crippen LogP contribution in [0.3, 0.4) is 0 Å². The molecular weight excluding hydrogens is 475 g/mol. The molecular formula is C20H27IN2O5. The van der Waals surface area contributed by atoms with E-state index in [1.54, 1.807) is 32.6 Å². The molecule has 0 saturated carbocycles. The zero-order valence-corrected chi connectivity index (χ0v) is 18.9. The van der Waals surface area contributed by atoms with Crippen molar-refractivity contribution in [2.75, 3.05) is 19.7 Å². The van der Waals surface area contributed by atoms with Gasteiger partial charge in [-0.25, -0.2) is 4.79 Å². The van der Waals surface area contributed by atoms with Crippen LogP contribution in [-0.2, 0) is 25.5 Å². The SMILES string of the molecule is CCOC(=O)CC1c2cccc(I)c2CCN1C(=O)CNC(=O)OC(C)(C)C. The molecule has 0 radical (unpaired) electrons. The van der Waals surface area contributed by atoms with Gasteiger partial charge in [-0.3, -0.25) is 9.59 Å². The Morgan fingerprint density at radius 2 is 2.00 bits per heavy atom. The van der Waals surface area contributed by atoms with Gasteiger partial charge >= 0.3 is 12.1 Å².